The van der Waals surface area contributed by atoms with Crippen molar-refractivity contribution in [3.05, 3.63) is 59.9 Å². The van der Waals surface area contributed by atoms with Crippen molar-refractivity contribution in [1.82, 2.24) is 9.88 Å². The summed E-state index contributed by atoms with van der Waals surface area (Å²) in [5.74, 6) is 0.915. The first-order chi connectivity index (χ1) is 12.5. The molecule has 1 fully saturated rings. The molecule has 3 atom stereocenters. The summed E-state index contributed by atoms with van der Waals surface area (Å²) in [6.07, 6.45) is 1.74. The van der Waals surface area contributed by atoms with Crippen molar-refractivity contribution in [2.75, 3.05) is 26.2 Å². The molecule has 26 heavy (non-hydrogen) atoms. The zero-order chi connectivity index (χ0) is 18.9. The van der Waals surface area contributed by atoms with Gasteiger partial charge in [0.2, 0.25) is 0 Å². The minimum absolute atomic E-state index is 0.100. The van der Waals surface area contributed by atoms with E-state index in [1.54, 1.807) is 6.07 Å². The second-order valence-electron chi connectivity index (χ2n) is 6.94. The van der Waals surface area contributed by atoms with Gasteiger partial charge in [0.1, 0.15) is 11.9 Å². The molecule has 1 aliphatic heterocycles. The molecule has 1 unspecified atom stereocenters. The van der Waals surface area contributed by atoms with Crippen LogP contribution in [0.1, 0.15) is 30.7 Å². The van der Waals surface area contributed by atoms with Crippen molar-refractivity contribution >= 4 is 0 Å². The van der Waals surface area contributed by atoms with Crippen LogP contribution in [0.15, 0.2) is 48.7 Å². The van der Waals surface area contributed by atoms with Crippen LogP contribution in [0.3, 0.4) is 0 Å². The van der Waals surface area contributed by atoms with Gasteiger partial charge >= 0.3 is 0 Å². The van der Waals surface area contributed by atoms with Gasteiger partial charge in [-0.3, -0.25) is 9.88 Å². The lowest BCUT2D eigenvalue weighted by atomic mass is 9.95. The van der Waals surface area contributed by atoms with Gasteiger partial charge in [0.05, 0.1) is 11.9 Å². The number of β-amino-alcohol motifs (C(OH)–C–C–N with tert-alkyl or cyclic N) is 1. The van der Waals surface area contributed by atoms with Crippen molar-refractivity contribution < 1.29 is 15.3 Å². The molecule has 3 rings (SSSR count). The third-order valence-electron chi connectivity index (χ3n) is 4.89. The Kier molecular flexibility index (Phi) is 8.04. The molecule has 1 aromatic carbocycles. The van der Waals surface area contributed by atoms with Crippen LogP contribution in [0.4, 0.5) is 0 Å². The topological polar surface area (TPSA) is 76.8 Å². The van der Waals surface area contributed by atoms with Crippen LogP contribution in [0.2, 0.25) is 0 Å². The average molecular weight is 358 g/mol. The van der Waals surface area contributed by atoms with Gasteiger partial charge in [-0.25, -0.2) is 0 Å². The zero-order valence-corrected chi connectivity index (χ0v) is 15.6. The summed E-state index contributed by atoms with van der Waals surface area (Å²) >= 11 is 0. The zero-order valence-electron chi connectivity index (χ0n) is 15.6. The quantitative estimate of drug-likeness (QED) is 0.766. The Hall–Kier alpha value is -1.95. The summed E-state index contributed by atoms with van der Waals surface area (Å²) in [6, 6.07) is 13.4. The van der Waals surface area contributed by atoms with Crippen molar-refractivity contribution in [3.8, 4) is 5.75 Å². The van der Waals surface area contributed by atoms with Gasteiger partial charge in [0.25, 0.3) is 0 Å². The highest BCUT2D eigenvalue weighted by molar-refractivity contribution is 5.19. The fourth-order valence-corrected chi connectivity index (χ4v) is 3.32. The molecule has 0 saturated carbocycles. The van der Waals surface area contributed by atoms with E-state index in [0.29, 0.717) is 24.1 Å². The van der Waals surface area contributed by atoms with E-state index in [-0.39, 0.29) is 12.4 Å². The summed E-state index contributed by atoms with van der Waals surface area (Å²) in [6.45, 7) is 6.68. The first-order valence-corrected chi connectivity index (χ1v) is 9.21. The maximum atomic E-state index is 10.1. The third-order valence-corrected chi connectivity index (χ3v) is 4.89. The third kappa shape index (κ3) is 6.09. The number of aromatic hydroxyl groups is 1. The van der Waals surface area contributed by atoms with Gasteiger partial charge in [-0.2, -0.15) is 0 Å². The number of aromatic nitrogens is 1. The monoisotopic (exact) mass is 358 g/mol. The lowest BCUT2D eigenvalue weighted by Gasteiger charge is -2.19. The van der Waals surface area contributed by atoms with Gasteiger partial charge in [-0.1, -0.05) is 49.2 Å². The van der Waals surface area contributed by atoms with Gasteiger partial charge in [-0.15, -0.1) is 0 Å². The summed E-state index contributed by atoms with van der Waals surface area (Å²) in [5, 5.41) is 28.7. The van der Waals surface area contributed by atoms with E-state index in [9.17, 15) is 15.3 Å². The molecular formula is C21H30N2O3. The Bertz CT molecular complexity index is 621. The Morgan fingerprint density at radius 1 is 1.12 bits per heavy atom. The van der Waals surface area contributed by atoms with E-state index in [1.165, 1.54) is 17.8 Å². The minimum atomic E-state index is -0.657. The molecule has 0 bridgehead atoms. The predicted octanol–water partition coefficient (Wildman–Crippen LogP) is 2.77. The fourth-order valence-electron chi connectivity index (χ4n) is 3.32. The molecule has 0 radical (unpaired) electrons. The highest BCUT2D eigenvalue weighted by Crippen LogP contribution is 2.27. The Morgan fingerprint density at radius 3 is 2.27 bits per heavy atom. The van der Waals surface area contributed by atoms with E-state index >= 15 is 0 Å². The van der Waals surface area contributed by atoms with Crippen molar-refractivity contribution in [2.24, 2.45) is 11.8 Å². The van der Waals surface area contributed by atoms with Crippen LogP contribution in [0.5, 0.6) is 5.75 Å². The summed E-state index contributed by atoms with van der Waals surface area (Å²) in [5.41, 5.74) is 1.89. The summed E-state index contributed by atoms with van der Waals surface area (Å²) in [7, 11) is 0. The lowest BCUT2D eigenvalue weighted by molar-refractivity contribution is 0.117. The summed E-state index contributed by atoms with van der Waals surface area (Å²) in [4.78, 5) is 6.20. The van der Waals surface area contributed by atoms with E-state index in [1.807, 2.05) is 18.2 Å². The maximum absolute atomic E-state index is 10.1. The first-order valence-electron chi connectivity index (χ1n) is 9.21. The minimum Gasteiger partial charge on any atom is -0.506 e. The molecule has 3 N–H and O–H groups in total. The van der Waals surface area contributed by atoms with Crippen molar-refractivity contribution in [2.45, 2.75) is 26.4 Å². The molecule has 5 heteroatoms. The van der Waals surface area contributed by atoms with Crippen LogP contribution in [0.25, 0.3) is 0 Å². The number of rotatable bonds is 5. The van der Waals surface area contributed by atoms with Gasteiger partial charge in [0.15, 0.2) is 0 Å². The number of aryl methyl sites for hydroxylation is 1. The Morgan fingerprint density at radius 2 is 1.81 bits per heavy atom. The van der Waals surface area contributed by atoms with Crippen molar-refractivity contribution in [1.29, 1.82) is 0 Å². The number of pyridine rings is 1. The molecule has 1 aliphatic rings. The first kappa shape index (κ1) is 20.4. The predicted molar refractivity (Wildman–Crippen MR) is 103 cm³/mol. The van der Waals surface area contributed by atoms with E-state index in [2.05, 4.69) is 35.9 Å². The second kappa shape index (κ2) is 10.3. The largest absolute Gasteiger partial charge is 0.506 e. The van der Waals surface area contributed by atoms with Crippen LogP contribution in [0, 0.1) is 18.8 Å². The molecule has 0 spiro atoms. The molecule has 142 valence electrons. The molecule has 1 saturated heterocycles. The molecule has 2 aromatic rings. The normalized spacial score (nSPS) is 21.1. The molecule has 0 aliphatic carbocycles. The molecule has 0 amide bonds. The standard InChI is InChI=1S/C14H22N2O3.C7H8/c1-2-10-6-16(7-11(10)9-17)8-14(19)13-4-3-12(18)5-15-13;1-7-5-3-2-4-6-7/h3-5,10-11,14,17-19H,2,6-9H2,1H3;2-6H,1H3/t10-,11-,14?;/m1./s1. The Labute approximate surface area is 156 Å². The van der Waals surface area contributed by atoms with Crippen LogP contribution in [-0.2, 0) is 0 Å². The number of aliphatic hydroxyl groups is 2. The number of likely N-dealkylation sites (tertiary alicyclic amines) is 1. The number of aliphatic hydroxyl groups excluding tert-OH is 2. The Balaban J connectivity index is 0.000000290. The molecule has 2 heterocycles. The number of benzene rings is 1. The van der Waals surface area contributed by atoms with Gasteiger partial charge < -0.3 is 15.3 Å². The number of hydrogen-bond acceptors (Lipinski definition) is 5. The molecule has 1 aromatic heterocycles. The van der Waals surface area contributed by atoms with Gasteiger partial charge in [0, 0.05) is 26.2 Å². The fraction of sp³-hybridized carbons (Fsp3) is 0.476. The van der Waals surface area contributed by atoms with Crippen LogP contribution in [-0.4, -0.2) is 51.4 Å². The SMILES string of the molecule is CC[C@@H]1CN(CC(O)c2ccc(O)cn2)C[C@@H]1CO.Cc1ccccc1. The smallest absolute Gasteiger partial charge is 0.133 e. The second-order valence-corrected chi connectivity index (χ2v) is 6.94. The molecule has 5 nitrogen and oxygen atoms in total. The van der Waals surface area contributed by atoms with Crippen LogP contribution < -0.4 is 0 Å². The number of nitrogens with zero attached hydrogens (tertiary/aromatic N) is 2. The highest BCUT2D eigenvalue weighted by atomic mass is 16.3. The average Bonchev–Trinajstić information content (AvgIpc) is 3.05. The molecular weight excluding hydrogens is 328 g/mol. The van der Waals surface area contributed by atoms with E-state index < -0.39 is 6.10 Å². The van der Waals surface area contributed by atoms with E-state index in [4.69, 9.17) is 0 Å². The van der Waals surface area contributed by atoms with E-state index in [0.717, 1.165) is 19.5 Å². The highest BCUT2D eigenvalue weighted by Gasteiger charge is 2.32. The number of hydrogen-bond donors (Lipinski definition) is 3. The van der Waals surface area contributed by atoms with Gasteiger partial charge in [-0.05, 0) is 30.9 Å². The van der Waals surface area contributed by atoms with Crippen molar-refractivity contribution in [3.63, 3.8) is 0 Å². The lowest BCUT2D eigenvalue weighted by Crippen LogP contribution is -2.27. The van der Waals surface area contributed by atoms with Crippen LogP contribution >= 0.6 is 0 Å². The maximum Gasteiger partial charge on any atom is 0.133 e. The summed E-state index contributed by atoms with van der Waals surface area (Å²) < 4.78 is 0.